The molecule has 0 bridgehead atoms. The van der Waals surface area contributed by atoms with Gasteiger partial charge in [-0.3, -0.25) is 4.79 Å². The Morgan fingerprint density at radius 1 is 1.09 bits per heavy atom. The average Bonchev–Trinajstić information content (AvgIpc) is 2.75. The molecule has 1 aliphatic heterocycles. The first-order valence-electron chi connectivity index (χ1n) is 12.1. The molecule has 0 saturated heterocycles. The van der Waals surface area contributed by atoms with Gasteiger partial charge in [0.05, 0.1) is 6.04 Å². The van der Waals surface area contributed by atoms with E-state index in [0.29, 0.717) is 18.4 Å². The van der Waals surface area contributed by atoms with Crippen LogP contribution in [0.25, 0.3) is 0 Å². The topological polar surface area (TPSA) is 44.4 Å². The first-order chi connectivity index (χ1) is 15.2. The molecule has 1 heterocycles. The van der Waals surface area contributed by atoms with Crippen molar-refractivity contribution in [2.24, 2.45) is 5.92 Å². The third-order valence-electron chi connectivity index (χ3n) is 6.48. The standard InChI is InChI=1S/C28H41N3O/c1-28(2,3)24-15-16-25-23(20-24)19-22(27(30-25)21-11-7-6-8-12-21)13-9-17-29-26(32)14-10-18-31(4)5/h6-8,11-12,15-16,20,22,27,30H,9-10,13-14,17-19H2,1-5H3,(H,29,32)/t22-,27+/m1/s1. The van der Waals surface area contributed by atoms with Gasteiger partial charge in [0.15, 0.2) is 0 Å². The van der Waals surface area contributed by atoms with E-state index in [0.717, 1.165) is 38.8 Å². The quantitative estimate of drug-likeness (QED) is 0.508. The second-order valence-corrected chi connectivity index (χ2v) is 10.5. The molecule has 0 unspecified atom stereocenters. The number of rotatable bonds is 9. The van der Waals surface area contributed by atoms with E-state index in [9.17, 15) is 4.79 Å². The SMILES string of the molecule is CN(C)CCCC(=O)NCCC[C@@H]1Cc2cc(C(C)(C)C)ccc2N[C@H]1c1ccccc1. The molecule has 1 amide bonds. The van der Waals surface area contributed by atoms with Gasteiger partial charge in [-0.05, 0) is 80.4 Å². The summed E-state index contributed by atoms with van der Waals surface area (Å²) in [6.07, 6.45) is 4.68. The molecular formula is C28H41N3O. The van der Waals surface area contributed by atoms with Gasteiger partial charge in [-0.15, -0.1) is 0 Å². The third kappa shape index (κ3) is 6.83. The van der Waals surface area contributed by atoms with Crippen molar-refractivity contribution >= 4 is 11.6 Å². The molecule has 4 nitrogen and oxygen atoms in total. The highest BCUT2D eigenvalue weighted by Gasteiger charge is 2.29. The van der Waals surface area contributed by atoms with Crippen molar-refractivity contribution in [3.8, 4) is 0 Å². The zero-order chi connectivity index (χ0) is 23.1. The number of hydrogen-bond donors (Lipinski definition) is 2. The van der Waals surface area contributed by atoms with Gasteiger partial charge in [0.2, 0.25) is 5.91 Å². The average molecular weight is 436 g/mol. The molecule has 2 aromatic carbocycles. The summed E-state index contributed by atoms with van der Waals surface area (Å²) < 4.78 is 0. The van der Waals surface area contributed by atoms with E-state index >= 15 is 0 Å². The lowest BCUT2D eigenvalue weighted by molar-refractivity contribution is -0.121. The van der Waals surface area contributed by atoms with Gasteiger partial charge in [0.25, 0.3) is 0 Å². The molecule has 2 atom stereocenters. The second-order valence-electron chi connectivity index (χ2n) is 10.5. The van der Waals surface area contributed by atoms with E-state index in [1.54, 1.807) is 0 Å². The van der Waals surface area contributed by atoms with E-state index in [4.69, 9.17) is 0 Å². The first-order valence-corrected chi connectivity index (χ1v) is 12.1. The molecule has 0 saturated carbocycles. The number of fused-ring (bicyclic) bond motifs is 1. The van der Waals surface area contributed by atoms with Crippen LogP contribution in [0.1, 0.15) is 69.2 Å². The molecule has 2 aromatic rings. The molecule has 0 aromatic heterocycles. The lowest BCUT2D eigenvalue weighted by atomic mass is 9.78. The maximum atomic E-state index is 12.1. The van der Waals surface area contributed by atoms with Crippen LogP contribution in [0.15, 0.2) is 48.5 Å². The second kappa shape index (κ2) is 11.0. The molecule has 174 valence electrons. The number of anilines is 1. The summed E-state index contributed by atoms with van der Waals surface area (Å²) >= 11 is 0. The zero-order valence-corrected chi connectivity index (χ0v) is 20.6. The van der Waals surface area contributed by atoms with Crippen molar-refractivity contribution < 1.29 is 4.79 Å². The van der Waals surface area contributed by atoms with Crippen molar-refractivity contribution in [1.29, 1.82) is 0 Å². The number of benzene rings is 2. The Kier molecular flexibility index (Phi) is 8.36. The molecule has 0 fully saturated rings. The van der Waals surface area contributed by atoms with E-state index in [1.807, 2.05) is 14.1 Å². The predicted molar refractivity (Wildman–Crippen MR) is 135 cm³/mol. The highest BCUT2D eigenvalue weighted by Crippen LogP contribution is 2.40. The Morgan fingerprint density at radius 3 is 2.53 bits per heavy atom. The van der Waals surface area contributed by atoms with E-state index in [-0.39, 0.29) is 11.3 Å². The fourth-order valence-corrected chi connectivity index (χ4v) is 4.58. The van der Waals surface area contributed by atoms with Crippen molar-refractivity contribution in [1.82, 2.24) is 10.2 Å². The monoisotopic (exact) mass is 435 g/mol. The molecule has 0 spiro atoms. The Hall–Kier alpha value is -2.33. The summed E-state index contributed by atoms with van der Waals surface area (Å²) in [4.78, 5) is 14.2. The van der Waals surface area contributed by atoms with Crippen LogP contribution in [0, 0.1) is 5.92 Å². The minimum atomic E-state index is 0.150. The Morgan fingerprint density at radius 2 is 1.84 bits per heavy atom. The van der Waals surface area contributed by atoms with Crippen molar-refractivity contribution in [2.45, 2.75) is 64.3 Å². The highest BCUT2D eigenvalue weighted by atomic mass is 16.1. The summed E-state index contributed by atoms with van der Waals surface area (Å²) in [6.45, 7) is 8.53. The van der Waals surface area contributed by atoms with Gasteiger partial charge in [0, 0.05) is 18.7 Å². The normalized spacial score (nSPS) is 18.2. The van der Waals surface area contributed by atoms with Crippen molar-refractivity contribution in [3.63, 3.8) is 0 Å². The number of carbonyl (C=O) groups is 1. The van der Waals surface area contributed by atoms with Crippen LogP contribution in [0.3, 0.4) is 0 Å². The van der Waals surface area contributed by atoms with Crippen LogP contribution >= 0.6 is 0 Å². The summed E-state index contributed by atoms with van der Waals surface area (Å²) in [7, 11) is 4.09. The van der Waals surface area contributed by atoms with Gasteiger partial charge in [-0.25, -0.2) is 0 Å². The fourth-order valence-electron chi connectivity index (χ4n) is 4.58. The molecule has 0 aliphatic carbocycles. The van der Waals surface area contributed by atoms with Gasteiger partial charge in [-0.2, -0.15) is 0 Å². The van der Waals surface area contributed by atoms with Gasteiger partial charge >= 0.3 is 0 Å². The highest BCUT2D eigenvalue weighted by molar-refractivity contribution is 5.75. The Labute approximate surface area is 194 Å². The molecule has 0 radical (unpaired) electrons. The summed E-state index contributed by atoms with van der Waals surface area (Å²) in [5, 5.41) is 6.96. The molecule has 2 N–H and O–H groups in total. The van der Waals surface area contributed by atoms with Crippen LogP contribution in [0.4, 0.5) is 5.69 Å². The van der Waals surface area contributed by atoms with Crippen molar-refractivity contribution in [3.05, 3.63) is 65.2 Å². The number of nitrogens with one attached hydrogen (secondary N) is 2. The summed E-state index contributed by atoms with van der Waals surface area (Å²) in [5.41, 5.74) is 5.56. The largest absolute Gasteiger partial charge is 0.378 e. The van der Waals surface area contributed by atoms with Gasteiger partial charge in [-0.1, -0.05) is 63.2 Å². The molecule has 1 aliphatic rings. The van der Waals surface area contributed by atoms with Crippen LogP contribution in [-0.4, -0.2) is 38.0 Å². The number of hydrogen-bond acceptors (Lipinski definition) is 3. The Bertz CT molecular complexity index is 870. The van der Waals surface area contributed by atoms with Crippen LogP contribution in [-0.2, 0) is 16.6 Å². The van der Waals surface area contributed by atoms with Crippen molar-refractivity contribution in [2.75, 3.05) is 32.5 Å². The number of amides is 1. The maximum absolute atomic E-state index is 12.1. The maximum Gasteiger partial charge on any atom is 0.220 e. The smallest absolute Gasteiger partial charge is 0.220 e. The minimum absolute atomic E-state index is 0.150. The molecule has 32 heavy (non-hydrogen) atoms. The molecule has 4 heteroatoms. The summed E-state index contributed by atoms with van der Waals surface area (Å²) in [6, 6.07) is 18.0. The predicted octanol–water partition coefficient (Wildman–Crippen LogP) is 5.55. The third-order valence-corrected chi connectivity index (χ3v) is 6.48. The number of carbonyl (C=O) groups excluding carboxylic acids is 1. The van der Waals surface area contributed by atoms with Gasteiger partial charge < -0.3 is 15.5 Å². The Balaban J connectivity index is 1.63. The van der Waals surface area contributed by atoms with E-state index < -0.39 is 0 Å². The minimum Gasteiger partial charge on any atom is -0.378 e. The van der Waals surface area contributed by atoms with Crippen LogP contribution in [0.5, 0.6) is 0 Å². The van der Waals surface area contributed by atoms with Crippen LogP contribution in [0.2, 0.25) is 0 Å². The zero-order valence-electron chi connectivity index (χ0n) is 20.6. The van der Waals surface area contributed by atoms with E-state index in [1.165, 1.54) is 22.4 Å². The first kappa shape index (κ1) is 24.3. The lowest BCUT2D eigenvalue weighted by Gasteiger charge is -2.36. The van der Waals surface area contributed by atoms with Gasteiger partial charge in [0.1, 0.15) is 0 Å². The fraction of sp³-hybridized carbons (Fsp3) is 0.536. The van der Waals surface area contributed by atoms with E-state index in [2.05, 4.69) is 84.8 Å². The summed E-state index contributed by atoms with van der Waals surface area (Å²) in [5.74, 6) is 0.680. The molecular weight excluding hydrogens is 394 g/mol. The molecule has 3 rings (SSSR count). The lowest BCUT2D eigenvalue weighted by Crippen LogP contribution is -2.30. The number of nitrogens with zero attached hydrogens (tertiary/aromatic N) is 1. The van der Waals surface area contributed by atoms with Crippen LogP contribution < -0.4 is 10.6 Å².